The van der Waals surface area contributed by atoms with Gasteiger partial charge in [0.05, 0.1) is 16.5 Å². The highest BCUT2D eigenvalue weighted by Crippen LogP contribution is 2.30. The van der Waals surface area contributed by atoms with E-state index in [1.165, 1.54) is 0 Å². The van der Waals surface area contributed by atoms with Crippen molar-refractivity contribution >= 4 is 21.9 Å². The fourth-order valence-corrected chi connectivity index (χ4v) is 6.31. The van der Waals surface area contributed by atoms with E-state index in [0.29, 0.717) is 32.1 Å². The Labute approximate surface area is 248 Å². The maximum Gasteiger partial charge on any atom is 0.416 e. The van der Waals surface area contributed by atoms with Crippen LogP contribution < -0.4 is 15.8 Å². The molecule has 0 bridgehead atoms. The van der Waals surface area contributed by atoms with Crippen LogP contribution in [0.2, 0.25) is 0 Å². The molecule has 1 saturated carbocycles. The fraction of sp³-hybridized carbons (Fsp3) is 0.355. The first-order valence-corrected chi connectivity index (χ1v) is 15.4. The van der Waals surface area contributed by atoms with E-state index >= 15 is 0 Å². The lowest BCUT2D eigenvalue weighted by Gasteiger charge is -2.30. The number of benzene rings is 3. The minimum atomic E-state index is -4.56. The van der Waals surface area contributed by atoms with Crippen LogP contribution in [0.1, 0.15) is 48.4 Å². The molecule has 3 aromatic carbocycles. The predicted octanol–water partition coefficient (Wildman–Crippen LogP) is 4.51. The molecule has 43 heavy (non-hydrogen) atoms. The molecule has 12 heteroatoms. The number of hydrogen-bond donors (Lipinski definition) is 3. The molecule has 4 N–H and O–H groups in total. The number of ether oxygens (including phenoxy) is 1. The lowest BCUT2D eigenvalue weighted by molar-refractivity contribution is -0.146. The SMILES string of the molecule is N[C@@H](Cc1ccccc1)C(=O)OC[C@@H](NC(=O)C1CCC(NS(=O)(=O)c2ccc(C(F)(F)F)cc2)CC1)c1ccccc1. The van der Waals surface area contributed by atoms with E-state index < -0.39 is 51.8 Å². The second kappa shape index (κ2) is 14.2. The van der Waals surface area contributed by atoms with Crippen LogP contribution >= 0.6 is 0 Å². The molecule has 230 valence electrons. The molecule has 0 spiro atoms. The van der Waals surface area contributed by atoms with Crippen LogP contribution in [0.3, 0.4) is 0 Å². The monoisotopic (exact) mass is 617 g/mol. The Kier molecular flexibility index (Phi) is 10.6. The van der Waals surface area contributed by atoms with Crippen molar-refractivity contribution in [1.29, 1.82) is 0 Å². The summed E-state index contributed by atoms with van der Waals surface area (Å²) in [6, 6.07) is 19.8. The molecule has 0 aromatic heterocycles. The van der Waals surface area contributed by atoms with Crippen molar-refractivity contribution in [2.75, 3.05) is 6.61 Å². The van der Waals surface area contributed by atoms with E-state index in [1.54, 1.807) is 0 Å². The minimum absolute atomic E-state index is 0.112. The smallest absolute Gasteiger partial charge is 0.416 e. The lowest BCUT2D eigenvalue weighted by Crippen LogP contribution is -2.42. The summed E-state index contributed by atoms with van der Waals surface area (Å²) in [5.74, 6) is -1.23. The highest BCUT2D eigenvalue weighted by Gasteiger charge is 2.33. The summed E-state index contributed by atoms with van der Waals surface area (Å²) in [6.45, 7) is -0.112. The van der Waals surface area contributed by atoms with Crippen LogP contribution in [-0.4, -0.2) is 39.0 Å². The summed E-state index contributed by atoms with van der Waals surface area (Å²) in [7, 11) is -4.03. The number of alkyl halides is 3. The fourth-order valence-electron chi connectivity index (χ4n) is 5.00. The maximum absolute atomic E-state index is 13.2. The van der Waals surface area contributed by atoms with Crippen molar-refractivity contribution in [3.63, 3.8) is 0 Å². The van der Waals surface area contributed by atoms with Gasteiger partial charge in [0.15, 0.2) is 0 Å². The Morgan fingerprint density at radius 1 is 0.884 bits per heavy atom. The standard InChI is InChI=1S/C31H34F3N3O5S/c32-31(33,34)24-13-17-26(18-14-24)43(40,41)37-25-15-11-23(12-16-25)29(38)36-28(22-9-5-2-6-10-22)20-42-30(39)27(35)19-21-7-3-1-4-8-21/h1-10,13-14,17-18,23,25,27-28,37H,11-12,15-16,19-20,35H2,(H,36,38)/t23?,25?,27-,28+/m0/s1. The van der Waals surface area contributed by atoms with Gasteiger partial charge >= 0.3 is 12.1 Å². The number of carbonyl (C=O) groups is 2. The average Bonchev–Trinajstić information content (AvgIpc) is 2.99. The second-order valence-corrected chi connectivity index (χ2v) is 12.3. The molecule has 8 nitrogen and oxygen atoms in total. The van der Waals surface area contributed by atoms with Gasteiger partial charge in [0.2, 0.25) is 15.9 Å². The second-order valence-electron chi connectivity index (χ2n) is 10.6. The van der Waals surface area contributed by atoms with E-state index in [9.17, 15) is 31.2 Å². The Balaban J connectivity index is 1.31. The molecule has 1 amide bonds. The van der Waals surface area contributed by atoms with E-state index in [-0.39, 0.29) is 17.4 Å². The minimum Gasteiger partial charge on any atom is -0.462 e. The quantitative estimate of drug-likeness (QED) is 0.272. The van der Waals surface area contributed by atoms with Gasteiger partial charge in [-0.1, -0.05) is 60.7 Å². The van der Waals surface area contributed by atoms with Crippen molar-refractivity contribution in [3.8, 4) is 0 Å². The zero-order chi connectivity index (χ0) is 31.0. The molecular weight excluding hydrogens is 583 g/mol. The largest absolute Gasteiger partial charge is 0.462 e. The number of hydrogen-bond acceptors (Lipinski definition) is 6. The van der Waals surface area contributed by atoms with Gasteiger partial charge in [0, 0.05) is 12.0 Å². The van der Waals surface area contributed by atoms with E-state index in [0.717, 1.165) is 35.4 Å². The van der Waals surface area contributed by atoms with E-state index in [4.69, 9.17) is 10.5 Å². The molecule has 3 aromatic rings. The third kappa shape index (κ3) is 9.12. The van der Waals surface area contributed by atoms with Gasteiger partial charge < -0.3 is 15.8 Å². The van der Waals surface area contributed by atoms with Gasteiger partial charge in [-0.2, -0.15) is 13.2 Å². The number of nitrogens with one attached hydrogen (secondary N) is 2. The number of esters is 1. The molecule has 2 atom stereocenters. The molecule has 1 fully saturated rings. The molecule has 0 saturated heterocycles. The first-order chi connectivity index (χ1) is 20.4. The molecule has 0 radical (unpaired) electrons. The van der Waals surface area contributed by atoms with Gasteiger partial charge in [0.25, 0.3) is 0 Å². The Bertz CT molecular complexity index is 1460. The van der Waals surface area contributed by atoms with Crippen LogP contribution in [0, 0.1) is 5.92 Å². The Morgan fingerprint density at radius 2 is 1.47 bits per heavy atom. The summed E-state index contributed by atoms with van der Waals surface area (Å²) in [5, 5.41) is 2.97. The summed E-state index contributed by atoms with van der Waals surface area (Å²) in [6.07, 6.45) is -2.71. The van der Waals surface area contributed by atoms with Gasteiger partial charge in [-0.15, -0.1) is 0 Å². The molecule has 0 aliphatic heterocycles. The van der Waals surface area contributed by atoms with Crippen LogP contribution in [0.5, 0.6) is 0 Å². The van der Waals surface area contributed by atoms with Crippen molar-refractivity contribution in [2.24, 2.45) is 11.7 Å². The lowest BCUT2D eigenvalue weighted by atomic mass is 9.85. The first kappa shape index (κ1) is 32.2. The van der Waals surface area contributed by atoms with Gasteiger partial charge in [-0.05, 0) is 67.5 Å². The van der Waals surface area contributed by atoms with Crippen molar-refractivity contribution in [3.05, 3.63) is 102 Å². The van der Waals surface area contributed by atoms with Gasteiger partial charge in [-0.25, -0.2) is 13.1 Å². The van der Waals surface area contributed by atoms with E-state index in [1.807, 2.05) is 60.7 Å². The highest BCUT2D eigenvalue weighted by molar-refractivity contribution is 7.89. The number of amides is 1. The van der Waals surface area contributed by atoms with Crippen LogP contribution in [0.4, 0.5) is 13.2 Å². The predicted molar refractivity (Wildman–Crippen MR) is 154 cm³/mol. The third-order valence-electron chi connectivity index (χ3n) is 7.42. The average molecular weight is 618 g/mol. The normalized spacial score (nSPS) is 18.8. The molecule has 1 aliphatic carbocycles. The number of sulfonamides is 1. The topological polar surface area (TPSA) is 128 Å². The summed E-state index contributed by atoms with van der Waals surface area (Å²) in [4.78, 5) is 25.6. The summed E-state index contributed by atoms with van der Waals surface area (Å²) < 4.78 is 72.0. The Morgan fingerprint density at radius 3 is 2.05 bits per heavy atom. The van der Waals surface area contributed by atoms with E-state index in [2.05, 4.69) is 10.0 Å². The maximum atomic E-state index is 13.2. The zero-order valence-corrected chi connectivity index (χ0v) is 24.1. The highest BCUT2D eigenvalue weighted by atomic mass is 32.2. The van der Waals surface area contributed by atoms with Crippen molar-refractivity contribution < 1.29 is 35.9 Å². The number of nitrogens with two attached hydrogens (primary N) is 1. The number of rotatable bonds is 11. The van der Waals surface area contributed by atoms with Crippen LogP contribution in [0.25, 0.3) is 0 Å². The summed E-state index contributed by atoms with van der Waals surface area (Å²) >= 11 is 0. The number of carbonyl (C=O) groups excluding carboxylic acids is 2. The molecule has 0 unspecified atom stereocenters. The van der Waals surface area contributed by atoms with Gasteiger partial charge in [-0.3, -0.25) is 9.59 Å². The molecular formula is C31H34F3N3O5S. The molecule has 4 rings (SSSR count). The van der Waals surface area contributed by atoms with Gasteiger partial charge in [0.1, 0.15) is 12.6 Å². The molecule has 1 aliphatic rings. The Hall–Kier alpha value is -3.74. The van der Waals surface area contributed by atoms with Crippen LogP contribution in [0.15, 0.2) is 89.8 Å². The van der Waals surface area contributed by atoms with Crippen molar-refractivity contribution in [2.45, 2.75) is 61.3 Å². The van der Waals surface area contributed by atoms with Crippen LogP contribution in [-0.2, 0) is 36.9 Å². The third-order valence-corrected chi connectivity index (χ3v) is 8.96. The van der Waals surface area contributed by atoms with Crippen molar-refractivity contribution in [1.82, 2.24) is 10.0 Å². The summed E-state index contributed by atoms with van der Waals surface area (Å²) in [5.41, 5.74) is 6.77. The molecule has 0 heterocycles. The zero-order valence-electron chi connectivity index (χ0n) is 23.3. The number of halogens is 3. The first-order valence-electron chi connectivity index (χ1n) is 13.9.